The van der Waals surface area contributed by atoms with Gasteiger partial charge < -0.3 is 10.2 Å². The number of nitriles is 1. The van der Waals surface area contributed by atoms with Crippen LogP contribution in [0.1, 0.15) is 42.6 Å². The summed E-state index contributed by atoms with van der Waals surface area (Å²) in [6.45, 7) is 6.05. The maximum Gasteiger partial charge on any atom is 0.255 e. The van der Waals surface area contributed by atoms with Crippen molar-refractivity contribution in [1.82, 2.24) is 4.31 Å². The van der Waals surface area contributed by atoms with Crippen LogP contribution in [0, 0.1) is 11.3 Å². The van der Waals surface area contributed by atoms with Crippen molar-refractivity contribution < 1.29 is 13.2 Å². The molecule has 1 fully saturated rings. The number of benzene rings is 2. The molecule has 30 heavy (non-hydrogen) atoms. The maximum atomic E-state index is 13.0. The van der Waals surface area contributed by atoms with Gasteiger partial charge in [0.15, 0.2) is 0 Å². The summed E-state index contributed by atoms with van der Waals surface area (Å²) in [6, 6.07) is 13.3. The number of hydrogen-bond donors (Lipinski definition) is 1. The fourth-order valence-electron chi connectivity index (χ4n) is 3.65. The minimum absolute atomic E-state index is 0.148. The van der Waals surface area contributed by atoms with Gasteiger partial charge in [0.1, 0.15) is 0 Å². The van der Waals surface area contributed by atoms with Crippen LogP contribution in [0.3, 0.4) is 0 Å². The molecule has 1 N–H and O–H groups in total. The number of nitrogens with one attached hydrogen (secondary N) is 1. The Morgan fingerprint density at radius 3 is 2.47 bits per heavy atom. The van der Waals surface area contributed by atoms with E-state index in [2.05, 4.69) is 10.2 Å². The molecule has 3 rings (SSSR count). The lowest BCUT2D eigenvalue weighted by Gasteiger charge is -2.24. The van der Waals surface area contributed by atoms with Crippen molar-refractivity contribution in [2.45, 2.75) is 31.6 Å². The smallest absolute Gasteiger partial charge is 0.255 e. The predicted molar refractivity (Wildman–Crippen MR) is 117 cm³/mol. The molecule has 1 heterocycles. The second kappa shape index (κ2) is 9.28. The first-order chi connectivity index (χ1) is 14.4. The average Bonchev–Trinajstić information content (AvgIpc) is 3.29. The van der Waals surface area contributed by atoms with Crippen LogP contribution in [0.2, 0.25) is 0 Å². The fraction of sp³-hybridized carbons (Fsp3) is 0.364. The fourth-order valence-corrected chi connectivity index (χ4v) is 5.13. The quantitative estimate of drug-likeness (QED) is 0.732. The number of carbonyl (C=O) groups excluding carboxylic acids is 1. The first-order valence-electron chi connectivity index (χ1n) is 10.1. The molecular formula is C22H26N4O3S. The molecule has 0 aliphatic carbocycles. The largest absolute Gasteiger partial charge is 0.370 e. The molecule has 1 aliphatic rings. The molecule has 1 amide bonds. The van der Waals surface area contributed by atoms with E-state index in [0.29, 0.717) is 29.9 Å². The van der Waals surface area contributed by atoms with Crippen LogP contribution >= 0.6 is 0 Å². The molecule has 158 valence electrons. The summed E-state index contributed by atoms with van der Waals surface area (Å²) in [6.07, 6.45) is 2.11. The number of sulfonamides is 1. The summed E-state index contributed by atoms with van der Waals surface area (Å²) in [5.74, 6) is -0.384. The molecular weight excluding hydrogens is 400 g/mol. The number of anilines is 2. The highest BCUT2D eigenvalue weighted by molar-refractivity contribution is 7.89. The third-order valence-electron chi connectivity index (χ3n) is 5.26. The Balaban J connectivity index is 2.01. The van der Waals surface area contributed by atoms with Crippen molar-refractivity contribution in [2.24, 2.45) is 0 Å². The van der Waals surface area contributed by atoms with E-state index in [1.807, 2.05) is 6.07 Å². The number of rotatable bonds is 7. The highest BCUT2D eigenvalue weighted by atomic mass is 32.2. The Morgan fingerprint density at radius 1 is 1.13 bits per heavy atom. The predicted octanol–water partition coefficient (Wildman–Crippen LogP) is 3.44. The van der Waals surface area contributed by atoms with Gasteiger partial charge in [-0.25, -0.2) is 8.42 Å². The van der Waals surface area contributed by atoms with Crippen molar-refractivity contribution in [3.05, 3.63) is 53.6 Å². The standard InChI is InChI=1S/C22H26N4O3S/c1-3-26(4-2)30(28,29)19-10-11-21(25-12-5-6-13-25)20(15-19)24-22(27)18-9-7-8-17(14-18)16-23/h7-11,14-15H,3-6,12-13H2,1-2H3,(H,24,27). The van der Waals surface area contributed by atoms with Gasteiger partial charge in [-0.2, -0.15) is 9.57 Å². The third-order valence-corrected chi connectivity index (χ3v) is 7.31. The van der Waals surface area contributed by atoms with E-state index in [0.717, 1.165) is 31.6 Å². The lowest BCUT2D eigenvalue weighted by atomic mass is 10.1. The second-order valence-corrected chi connectivity index (χ2v) is 9.05. The van der Waals surface area contributed by atoms with Gasteiger partial charge in [-0.05, 0) is 49.2 Å². The maximum absolute atomic E-state index is 13.0. The number of carbonyl (C=O) groups is 1. The van der Waals surface area contributed by atoms with Crippen LogP contribution in [0.15, 0.2) is 47.4 Å². The monoisotopic (exact) mass is 426 g/mol. The summed E-state index contributed by atoms with van der Waals surface area (Å²) in [4.78, 5) is 15.2. The van der Waals surface area contributed by atoms with Crippen LogP contribution in [0.4, 0.5) is 11.4 Å². The van der Waals surface area contributed by atoms with Crippen LogP contribution in [0.25, 0.3) is 0 Å². The minimum Gasteiger partial charge on any atom is -0.370 e. The van der Waals surface area contributed by atoms with Gasteiger partial charge >= 0.3 is 0 Å². The zero-order valence-corrected chi connectivity index (χ0v) is 18.1. The van der Waals surface area contributed by atoms with Crippen LogP contribution in [-0.2, 0) is 10.0 Å². The Bertz CT molecular complexity index is 1070. The molecule has 0 bridgehead atoms. The number of nitrogens with zero attached hydrogens (tertiary/aromatic N) is 3. The summed E-state index contributed by atoms with van der Waals surface area (Å²) >= 11 is 0. The molecule has 0 unspecified atom stereocenters. The summed E-state index contributed by atoms with van der Waals surface area (Å²) in [5, 5.41) is 12.0. The van der Waals surface area contributed by atoms with E-state index in [-0.39, 0.29) is 10.8 Å². The normalized spacial score (nSPS) is 14.0. The number of hydrogen-bond acceptors (Lipinski definition) is 5. The van der Waals surface area contributed by atoms with E-state index in [4.69, 9.17) is 5.26 Å². The third kappa shape index (κ3) is 4.48. The SMILES string of the molecule is CCN(CC)S(=O)(=O)c1ccc(N2CCCC2)c(NC(=O)c2cccc(C#N)c2)c1. The van der Waals surface area contributed by atoms with Gasteiger partial charge in [-0.15, -0.1) is 0 Å². The molecule has 0 saturated carbocycles. The first kappa shape index (κ1) is 21.8. The highest BCUT2D eigenvalue weighted by Crippen LogP contribution is 2.32. The Morgan fingerprint density at radius 2 is 1.83 bits per heavy atom. The molecule has 0 spiro atoms. The summed E-state index contributed by atoms with van der Waals surface area (Å²) in [5.41, 5.74) is 1.99. The number of amides is 1. The van der Waals surface area contributed by atoms with Gasteiger partial charge in [0, 0.05) is 31.7 Å². The van der Waals surface area contributed by atoms with Gasteiger partial charge in [0.25, 0.3) is 5.91 Å². The lowest BCUT2D eigenvalue weighted by molar-refractivity contribution is 0.102. The van der Waals surface area contributed by atoms with Crippen molar-refractivity contribution in [2.75, 3.05) is 36.4 Å². The first-order valence-corrected chi connectivity index (χ1v) is 11.5. The second-order valence-electron chi connectivity index (χ2n) is 7.11. The van der Waals surface area contributed by atoms with Gasteiger partial charge in [-0.1, -0.05) is 19.9 Å². The zero-order chi connectivity index (χ0) is 21.7. The summed E-state index contributed by atoms with van der Waals surface area (Å²) < 4.78 is 27.4. The molecule has 7 nitrogen and oxygen atoms in total. The topological polar surface area (TPSA) is 93.5 Å². The van der Waals surface area contributed by atoms with Crippen LogP contribution in [-0.4, -0.2) is 44.8 Å². The zero-order valence-electron chi connectivity index (χ0n) is 17.3. The van der Waals surface area contributed by atoms with Crippen molar-refractivity contribution >= 4 is 27.3 Å². The minimum atomic E-state index is -3.65. The Labute approximate surface area is 178 Å². The van der Waals surface area contributed by atoms with E-state index in [1.54, 1.807) is 44.2 Å². The molecule has 2 aromatic carbocycles. The highest BCUT2D eigenvalue weighted by Gasteiger charge is 2.25. The molecule has 1 aliphatic heterocycles. The van der Waals surface area contributed by atoms with Gasteiger partial charge in [-0.3, -0.25) is 4.79 Å². The Kier molecular flexibility index (Phi) is 6.75. The van der Waals surface area contributed by atoms with Crippen LogP contribution in [0.5, 0.6) is 0 Å². The Hall–Kier alpha value is -2.89. The van der Waals surface area contributed by atoms with E-state index in [1.165, 1.54) is 16.4 Å². The van der Waals surface area contributed by atoms with Crippen LogP contribution < -0.4 is 10.2 Å². The average molecular weight is 427 g/mol. The van der Waals surface area contributed by atoms with Crippen molar-refractivity contribution in [3.63, 3.8) is 0 Å². The molecule has 1 saturated heterocycles. The van der Waals surface area contributed by atoms with E-state index in [9.17, 15) is 13.2 Å². The van der Waals surface area contributed by atoms with Gasteiger partial charge in [0.05, 0.1) is 27.9 Å². The lowest BCUT2D eigenvalue weighted by Crippen LogP contribution is -2.31. The van der Waals surface area contributed by atoms with Gasteiger partial charge in [0.2, 0.25) is 10.0 Å². The van der Waals surface area contributed by atoms with E-state index < -0.39 is 10.0 Å². The molecule has 0 atom stereocenters. The van der Waals surface area contributed by atoms with Crippen molar-refractivity contribution in [3.8, 4) is 6.07 Å². The van der Waals surface area contributed by atoms with E-state index >= 15 is 0 Å². The summed E-state index contributed by atoms with van der Waals surface area (Å²) in [7, 11) is -3.65. The van der Waals surface area contributed by atoms with Crippen molar-refractivity contribution in [1.29, 1.82) is 5.26 Å². The molecule has 0 aromatic heterocycles. The molecule has 2 aromatic rings. The molecule has 0 radical (unpaired) electrons. The molecule has 8 heteroatoms.